The Hall–Kier alpha value is -4.00. The Morgan fingerprint density at radius 2 is 1.50 bits per heavy atom. The lowest BCUT2D eigenvalue weighted by molar-refractivity contribution is -0.142. The van der Waals surface area contributed by atoms with Crippen molar-refractivity contribution in [2.75, 3.05) is 18.1 Å². The summed E-state index contributed by atoms with van der Waals surface area (Å²) in [7, 11) is 0. The van der Waals surface area contributed by atoms with Gasteiger partial charge < -0.3 is 18.9 Å². The number of benzene rings is 3. The molecule has 7 heteroatoms. The van der Waals surface area contributed by atoms with Crippen LogP contribution in [0.4, 0.5) is 10.5 Å². The first-order valence-corrected chi connectivity index (χ1v) is 15.7. The van der Waals surface area contributed by atoms with Crippen LogP contribution in [0.1, 0.15) is 82.6 Å². The Bertz CT molecular complexity index is 1460. The van der Waals surface area contributed by atoms with Crippen LogP contribution in [0.5, 0.6) is 11.5 Å². The van der Waals surface area contributed by atoms with Crippen LogP contribution in [-0.2, 0) is 19.7 Å². The lowest BCUT2D eigenvalue weighted by Gasteiger charge is -2.26. The third-order valence-electron chi connectivity index (χ3n) is 8.56. The van der Waals surface area contributed by atoms with Crippen molar-refractivity contribution >= 4 is 17.7 Å². The van der Waals surface area contributed by atoms with Gasteiger partial charge >= 0.3 is 12.1 Å². The molecule has 2 aliphatic heterocycles. The Kier molecular flexibility index (Phi) is 9.23. The van der Waals surface area contributed by atoms with Crippen LogP contribution in [0.25, 0.3) is 0 Å². The van der Waals surface area contributed by atoms with Crippen LogP contribution in [0, 0.1) is 12.8 Å². The number of rotatable bonds is 11. The number of hydrogen-bond acceptors (Lipinski definition) is 6. The van der Waals surface area contributed by atoms with Gasteiger partial charge in [0.2, 0.25) is 0 Å². The van der Waals surface area contributed by atoms with Crippen LogP contribution in [0.3, 0.4) is 0 Å². The molecule has 2 aliphatic rings. The zero-order valence-corrected chi connectivity index (χ0v) is 27.0. The van der Waals surface area contributed by atoms with Gasteiger partial charge in [0, 0.05) is 11.8 Å². The summed E-state index contributed by atoms with van der Waals surface area (Å²) < 4.78 is 23.2. The Balaban J connectivity index is 1.20. The molecular weight excluding hydrogens is 554 g/mol. The lowest BCUT2D eigenvalue weighted by Crippen LogP contribution is -2.27. The van der Waals surface area contributed by atoms with Crippen molar-refractivity contribution in [1.29, 1.82) is 0 Å². The number of hydrogen-bond donors (Lipinski definition) is 0. The largest absolute Gasteiger partial charge is 0.491 e. The summed E-state index contributed by atoms with van der Waals surface area (Å²) >= 11 is 0. The van der Waals surface area contributed by atoms with E-state index in [0.29, 0.717) is 24.6 Å². The van der Waals surface area contributed by atoms with E-state index in [2.05, 4.69) is 52.0 Å². The molecule has 0 spiro atoms. The molecule has 5 rings (SSSR count). The fraction of sp³-hybridized carbons (Fsp3) is 0.459. The summed E-state index contributed by atoms with van der Waals surface area (Å²) in [4.78, 5) is 27.2. The molecule has 3 aromatic rings. The normalized spacial score (nSPS) is 20.3. The number of nitrogens with zero attached hydrogens (tertiary/aromatic N) is 1. The molecule has 44 heavy (non-hydrogen) atoms. The van der Waals surface area contributed by atoms with E-state index in [9.17, 15) is 9.59 Å². The molecule has 7 nitrogen and oxygen atoms in total. The van der Waals surface area contributed by atoms with Crippen LogP contribution >= 0.6 is 0 Å². The number of aryl methyl sites for hydroxylation is 1. The highest BCUT2D eigenvalue weighted by molar-refractivity contribution is 5.91. The van der Waals surface area contributed by atoms with E-state index in [1.165, 1.54) is 5.56 Å². The van der Waals surface area contributed by atoms with E-state index < -0.39 is 12.2 Å². The highest BCUT2D eigenvalue weighted by Gasteiger charge is 2.38. The summed E-state index contributed by atoms with van der Waals surface area (Å²) in [5, 5.41) is 0. The number of carbonyl (C=O) groups is 2. The quantitative estimate of drug-likeness (QED) is 0.208. The molecule has 1 amide bonds. The first kappa shape index (κ1) is 31.4. The zero-order valence-electron chi connectivity index (χ0n) is 27.0. The second-order valence-corrected chi connectivity index (χ2v) is 13.3. The third kappa shape index (κ3) is 7.03. The number of amides is 1. The smallest absolute Gasteiger partial charge is 0.414 e. The van der Waals surface area contributed by atoms with Gasteiger partial charge in [0.1, 0.15) is 24.2 Å². The molecule has 3 atom stereocenters. The van der Waals surface area contributed by atoms with Gasteiger partial charge in [-0.2, -0.15) is 0 Å². The second kappa shape index (κ2) is 12.9. The molecule has 3 aromatic carbocycles. The van der Waals surface area contributed by atoms with Gasteiger partial charge in [0.05, 0.1) is 24.3 Å². The molecule has 234 valence electrons. The molecule has 2 heterocycles. The molecule has 0 bridgehead atoms. The lowest BCUT2D eigenvalue weighted by atomic mass is 9.78. The van der Waals surface area contributed by atoms with Crippen LogP contribution < -0.4 is 14.4 Å². The van der Waals surface area contributed by atoms with Crippen molar-refractivity contribution < 1.29 is 28.5 Å². The highest BCUT2D eigenvalue weighted by Crippen LogP contribution is 2.37. The summed E-state index contributed by atoms with van der Waals surface area (Å²) in [6.07, 6.45) is 0.762. The van der Waals surface area contributed by atoms with Gasteiger partial charge in [0.15, 0.2) is 6.10 Å². The maximum atomic E-state index is 12.9. The minimum Gasteiger partial charge on any atom is -0.491 e. The van der Waals surface area contributed by atoms with E-state index >= 15 is 0 Å². The van der Waals surface area contributed by atoms with Gasteiger partial charge in [-0.15, -0.1) is 0 Å². The van der Waals surface area contributed by atoms with Gasteiger partial charge in [-0.3, -0.25) is 9.69 Å². The molecule has 0 aliphatic carbocycles. The van der Waals surface area contributed by atoms with Gasteiger partial charge in [-0.05, 0) is 85.7 Å². The maximum Gasteiger partial charge on any atom is 0.414 e. The summed E-state index contributed by atoms with van der Waals surface area (Å²) in [5.41, 5.74) is 4.73. The van der Waals surface area contributed by atoms with Gasteiger partial charge in [-0.25, -0.2) is 4.79 Å². The predicted octanol–water partition coefficient (Wildman–Crippen LogP) is 7.96. The molecule has 0 aromatic heterocycles. The fourth-order valence-electron chi connectivity index (χ4n) is 6.08. The third-order valence-corrected chi connectivity index (χ3v) is 8.56. The van der Waals surface area contributed by atoms with Crippen molar-refractivity contribution in [1.82, 2.24) is 0 Å². The molecule has 2 fully saturated rings. The number of esters is 1. The average Bonchev–Trinajstić information content (AvgIpc) is 3.53. The van der Waals surface area contributed by atoms with Crippen molar-refractivity contribution in [3.63, 3.8) is 0 Å². The molecule has 2 saturated heterocycles. The standard InChI is InChI=1S/C37H45NO6/c1-23(2)18-31-20-33(35(39)43-31)26-9-8-25(5)34(19-26)38-21-32(44-36(38)40)22-41-29-14-10-27(11-15-29)37(6,7)28-12-16-30(17-13-28)42-24(3)4/h8-17,19,23-24,31-33H,18,20-22H2,1-7H3. The first-order valence-electron chi connectivity index (χ1n) is 15.7. The Labute approximate surface area is 261 Å². The number of carbonyl (C=O) groups excluding carboxylic acids is 2. The van der Waals surface area contributed by atoms with E-state index in [1.54, 1.807) is 4.90 Å². The summed E-state index contributed by atoms with van der Waals surface area (Å²) in [6.45, 7) is 15.3. The predicted molar refractivity (Wildman–Crippen MR) is 172 cm³/mol. The average molecular weight is 600 g/mol. The van der Waals surface area contributed by atoms with Crippen molar-refractivity contribution in [3.8, 4) is 11.5 Å². The monoisotopic (exact) mass is 599 g/mol. The van der Waals surface area contributed by atoms with E-state index in [4.69, 9.17) is 18.9 Å². The molecule has 0 N–H and O–H groups in total. The van der Waals surface area contributed by atoms with Gasteiger partial charge in [-0.1, -0.05) is 64.1 Å². The molecule has 3 unspecified atom stereocenters. The molecule has 0 radical (unpaired) electrons. The van der Waals surface area contributed by atoms with Crippen LogP contribution in [-0.4, -0.2) is 43.5 Å². The highest BCUT2D eigenvalue weighted by atomic mass is 16.6. The minimum absolute atomic E-state index is 0.0631. The number of ether oxygens (including phenoxy) is 4. The Morgan fingerprint density at radius 3 is 2.11 bits per heavy atom. The van der Waals surface area contributed by atoms with E-state index in [1.807, 2.05) is 63.2 Å². The first-order chi connectivity index (χ1) is 20.9. The molecule has 0 saturated carbocycles. The number of cyclic esters (lactones) is 2. The minimum atomic E-state index is -0.417. The Morgan fingerprint density at radius 1 is 0.864 bits per heavy atom. The second-order valence-electron chi connectivity index (χ2n) is 13.3. The summed E-state index contributed by atoms with van der Waals surface area (Å²) in [5.74, 6) is 1.53. The van der Waals surface area contributed by atoms with Crippen LogP contribution in [0.15, 0.2) is 66.7 Å². The summed E-state index contributed by atoms with van der Waals surface area (Å²) in [6, 6.07) is 22.2. The maximum absolute atomic E-state index is 12.9. The van der Waals surface area contributed by atoms with E-state index in [0.717, 1.165) is 34.5 Å². The van der Waals surface area contributed by atoms with Crippen LogP contribution in [0.2, 0.25) is 0 Å². The topological polar surface area (TPSA) is 74.3 Å². The van der Waals surface area contributed by atoms with Crippen molar-refractivity contribution in [2.45, 2.75) is 91.0 Å². The van der Waals surface area contributed by atoms with Gasteiger partial charge in [0.25, 0.3) is 0 Å². The SMILES string of the molecule is Cc1ccc(C2CC(CC(C)C)OC2=O)cc1N1CC(COc2ccc(C(C)(C)c3ccc(OC(C)C)cc3)cc2)OC1=O. The van der Waals surface area contributed by atoms with Crippen molar-refractivity contribution in [2.24, 2.45) is 5.92 Å². The molecular formula is C37H45NO6. The number of anilines is 1. The zero-order chi connectivity index (χ0) is 31.6. The fourth-order valence-corrected chi connectivity index (χ4v) is 6.08. The van der Waals surface area contributed by atoms with E-state index in [-0.39, 0.29) is 36.1 Å². The van der Waals surface area contributed by atoms with Crippen molar-refractivity contribution in [3.05, 3.63) is 89.0 Å².